The highest BCUT2D eigenvalue weighted by Crippen LogP contribution is 2.60. The molecule has 1 heterocycles. The van der Waals surface area contributed by atoms with Gasteiger partial charge >= 0.3 is 0 Å². The Hall–Kier alpha value is -2.16. The maximum atomic E-state index is 12.0. The normalized spacial score (nSPS) is 32.4. The van der Waals surface area contributed by atoms with Gasteiger partial charge in [-0.05, 0) is 41.7 Å². The fraction of sp³-hybridized carbons (Fsp3) is 0.429. The monoisotopic (exact) mass is 320 g/mol. The molecule has 2 aliphatic rings. The van der Waals surface area contributed by atoms with E-state index in [1.807, 2.05) is 17.1 Å². The molecule has 2 bridgehead atoms. The first kappa shape index (κ1) is 15.4. The second kappa shape index (κ2) is 6.04. The summed E-state index contributed by atoms with van der Waals surface area (Å²) in [5.41, 5.74) is 2.54. The van der Waals surface area contributed by atoms with Crippen LogP contribution < -0.4 is 0 Å². The van der Waals surface area contributed by atoms with Crippen LogP contribution in [0.4, 0.5) is 0 Å². The largest absolute Gasteiger partial charge is 0.245 e. The second-order valence-electron chi connectivity index (χ2n) is 7.64. The van der Waals surface area contributed by atoms with Crippen LogP contribution in [0, 0.1) is 16.2 Å². The van der Waals surface area contributed by atoms with E-state index in [1.165, 1.54) is 24.0 Å². The van der Waals surface area contributed by atoms with Crippen LogP contribution in [0.2, 0.25) is 0 Å². The highest BCUT2D eigenvalue weighted by Gasteiger charge is 2.52. The van der Waals surface area contributed by atoms with Gasteiger partial charge in [-0.3, -0.25) is 0 Å². The van der Waals surface area contributed by atoms with E-state index in [0.717, 1.165) is 12.8 Å². The van der Waals surface area contributed by atoms with Gasteiger partial charge in [0.2, 0.25) is 0 Å². The molecular weight excluding hydrogens is 296 g/mol. The molecule has 1 saturated carbocycles. The molecule has 4 rings (SSSR count). The lowest BCUT2D eigenvalue weighted by Crippen LogP contribution is -2.50. The van der Waals surface area contributed by atoms with Gasteiger partial charge in [0.05, 0.1) is 17.4 Å². The molecule has 1 aliphatic carbocycles. The highest BCUT2D eigenvalue weighted by molar-refractivity contribution is 5.27. The summed E-state index contributed by atoms with van der Waals surface area (Å²) in [5, 5.41) is 5.45. The van der Waals surface area contributed by atoms with Gasteiger partial charge in [-0.15, -0.1) is 4.91 Å². The van der Waals surface area contributed by atoms with Gasteiger partial charge < -0.3 is 0 Å². The van der Waals surface area contributed by atoms with Crippen molar-refractivity contribution in [3.8, 4) is 0 Å². The molecule has 4 atom stereocenters. The van der Waals surface area contributed by atoms with Gasteiger partial charge in [-0.25, -0.2) is 5.01 Å². The molecule has 0 spiro atoms. The third kappa shape index (κ3) is 2.43. The smallest absolute Gasteiger partial charge is 0.0812 e. The molecule has 0 aromatic heterocycles. The first-order valence-corrected chi connectivity index (χ1v) is 8.94. The summed E-state index contributed by atoms with van der Waals surface area (Å²) in [6.45, 7) is 2.34. The molecule has 2 unspecified atom stereocenters. The molecule has 2 fully saturated rings. The van der Waals surface area contributed by atoms with Crippen molar-refractivity contribution in [3.63, 3.8) is 0 Å². The van der Waals surface area contributed by atoms with E-state index in [0.29, 0.717) is 5.92 Å². The number of rotatable bonds is 3. The van der Waals surface area contributed by atoms with E-state index >= 15 is 0 Å². The Morgan fingerprint density at radius 2 is 1.62 bits per heavy atom. The summed E-state index contributed by atoms with van der Waals surface area (Å²) in [6, 6.07) is 21.0. The van der Waals surface area contributed by atoms with Gasteiger partial charge in [-0.2, -0.15) is 0 Å². The van der Waals surface area contributed by atoms with Crippen LogP contribution in [0.5, 0.6) is 0 Å². The summed E-state index contributed by atoms with van der Waals surface area (Å²) in [6.07, 6.45) is 4.75. The SMILES string of the molecule is C[C@]12CCC[C@H](C1)C(c1ccccc1)N(N=O)C2c1ccccc1. The maximum Gasteiger partial charge on any atom is 0.0812 e. The minimum Gasteiger partial charge on any atom is -0.245 e. The van der Waals surface area contributed by atoms with E-state index in [9.17, 15) is 4.91 Å². The van der Waals surface area contributed by atoms with Crippen molar-refractivity contribution in [2.45, 2.75) is 44.7 Å². The molecule has 24 heavy (non-hydrogen) atoms. The van der Waals surface area contributed by atoms with Crippen molar-refractivity contribution in [2.24, 2.45) is 16.6 Å². The number of hydrogen-bond acceptors (Lipinski definition) is 2. The Labute approximate surface area is 143 Å². The zero-order valence-electron chi connectivity index (χ0n) is 14.1. The molecule has 0 radical (unpaired) electrons. The number of nitrogens with zero attached hydrogens (tertiary/aromatic N) is 2. The Kier molecular flexibility index (Phi) is 3.87. The van der Waals surface area contributed by atoms with Crippen LogP contribution in [0.1, 0.15) is 55.8 Å². The molecule has 3 heteroatoms. The van der Waals surface area contributed by atoms with Gasteiger partial charge in [0.15, 0.2) is 0 Å². The number of fused-ring (bicyclic) bond motifs is 2. The van der Waals surface area contributed by atoms with E-state index < -0.39 is 0 Å². The van der Waals surface area contributed by atoms with Crippen LogP contribution in [0.25, 0.3) is 0 Å². The standard InChI is InChI=1S/C21H24N2O/c1-21-14-8-13-18(15-21)19(16-9-4-2-5-10-16)23(22-24)20(21)17-11-6-3-7-12-17/h2-7,9-12,18-20H,8,13-15H2,1H3/t18-,19?,20?,21+/m1/s1. The summed E-state index contributed by atoms with van der Waals surface area (Å²) < 4.78 is 0. The van der Waals surface area contributed by atoms with Crippen molar-refractivity contribution in [1.82, 2.24) is 5.01 Å². The quantitative estimate of drug-likeness (QED) is 0.683. The second-order valence-corrected chi connectivity index (χ2v) is 7.64. The molecule has 0 N–H and O–H groups in total. The number of benzene rings is 2. The Bertz CT molecular complexity index is 702. The lowest BCUT2D eigenvalue weighted by molar-refractivity contribution is -0.0843. The van der Waals surface area contributed by atoms with Crippen LogP contribution >= 0.6 is 0 Å². The van der Waals surface area contributed by atoms with Crippen LogP contribution in [-0.2, 0) is 0 Å². The van der Waals surface area contributed by atoms with E-state index in [-0.39, 0.29) is 17.5 Å². The Morgan fingerprint density at radius 3 is 2.25 bits per heavy atom. The zero-order valence-corrected chi connectivity index (χ0v) is 14.1. The minimum absolute atomic E-state index is 0.0537. The number of nitroso groups, excluding NO2 is 1. The predicted octanol–water partition coefficient (Wildman–Crippen LogP) is 5.66. The molecule has 0 amide bonds. The molecule has 2 aromatic carbocycles. The van der Waals surface area contributed by atoms with Crippen molar-refractivity contribution in [3.05, 3.63) is 76.7 Å². The molecule has 2 aromatic rings. The Balaban J connectivity index is 1.83. The van der Waals surface area contributed by atoms with Crippen molar-refractivity contribution < 1.29 is 0 Å². The van der Waals surface area contributed by atoms with Gasteiger partial charge in [0.1, 0.15) is 0 Å². The maximum absolute atomic E-state index is 12.0. The predicted molar refractivity (Wildman–Crippen MR) is 96.1 cm³/mol. The van der Waals surface area contributed by atoms with E-state index in [2.05, 4.69) is 60.7 Å². The topological polar surface area (TPSA) is 32.7 Å². The summed E-state index contributed by atoms with van der Waals surface area (Å²) in [5.74, 6) is 0.504. The first-order valence-electron chi connectivity index (χ1n) is 8.94. The van der Waals surface area contributed by atoms with Gasteiger partial charge in [0.25, 0.3) is 0 Å². The third-order valence-corrected chi connectivity index (χ3v) is 6.06. The van der Waals surface area contributed by atoms with E-state index in [4.69, 9.17) is 0 Å². The molecule has 1 saturated heterocycles. The fourth-order valence-corrected chi connectivity index (χ4v) is 5.15. The third-order valence-electron chi connectivity index (χ3n) is 6.06. The fourth-order valence-electron chi connectivity index (χ4n) is 5.15. The van der Waals surface area contributed by atoms with Crippen LogP contribution in [-0.4, -0.2) is 5.01 Å². The highest BCUT2D eigenvalue weighted by atomic mass is 16.3. The molecule has 1 aliphatic heterocycles. The molecule has 3 nitrogen and oxygen atoms in total. The Morgan fingerprint density at radius 1 is 1.00 bits per heavy atom. The first-order chi connectivity index (χ1) is 11.7. The number of piperidine rings is 1. The zero-order chi connectivity index (χ0) is 16.6. The van der Waals surface area contributed by atoms with Crippen molar-refractivity contribution in [2.75, 3.05) is 0 Å². The number of hydrogen-bond donors (Lipinski definition) is 0. The molecule has 124 valence electrons. The summed E-state index contributed by atoms with van der Waals surface area (Å²) in [7, 11) is 0. The average molecular weight is 320 g/mol. The lowest BCUT2D eigenvalue weighted by Gasteiger charge is -2.56. The molecular formula is C21H24N2O. The minimum atomic E-state index is 0.0537. The van der Waals surface area contributed by atoms with E-state index in [1.54, 1.807) is 0 Å². The van der Waals surface area contributed by atoms with Crippen molar-refractivity contribution >= 4 is 0 Å². The van der Waals surface area contributed by atoms with Gasteiger partial charge in [-0.1, -0.05) is 74.0 Å². The summed E-state index contributed by atoms with van der Waals surface area (Å²) >= 11 is 0. The van der Waals surface area contributed by atoms with Gasteiger partial charge in [0, 0.05) is 0 Å². The van der Waals surface area contributed by atoms with Crippen LogP contribution in [0.15, 0.2) is 65.9 Å². The lowest BCUT2D eigenvalue weighted by atomic mass is 9.59. The van der Waals surface area contributed by atoms with Crippen molar-refractivity contribution in [1.29, 1.82) is 0 Å². The van der Waals surface area contributed by atoms with Crippen LogP contribution in [0.3, 0.4) is 0 Å². The average Bonchev–Trinajstić information content (AvgIpc) is 2.62. The summed E-state index contributed by atoms with van der Waals surface area (Å²) in [4.78, 5) is 12.0.